The molecule has 1 aliphatic rings. The zero-order valence-corrected chi connectivity index (χ0v) is 14.6. The van der Waals surface area contributed by atoms with Crippen molar-refractivity contribution >= 4 is 22.6 Å². The molecule has 0 spiro atoms. The monoisotopic (exact) mass is 357 g/mol. The van der Waals surface area contributed by atoms with Crippen LogP contribution in [-0.4, -0.2) is 11.7 Å². The Morgan fingerprint density at radius 1 is 1.32 bits per heavy atom. The number of nitrogens with zero attached hydrogens (tertiary/aromatic N) is 1. The minimum atomic E-state index is -0.342. The first-order valence-corrected chi connectivity index (χ1v) is 8.68. The Balaban J connectivity index is 1.78. The Morgan fingerprint density at radius 3 is 2.96 bits per heavy atom. The average Bonchev–Trinajstić information content (AvgIpc) is 2.63. The van der Waals surface area contributed by atoms with E-state index in [-0.39, 0.29) is 5.63 Å². The summed E-state index contributed by atoms with van der Waals surface area (Å²) in [7, 11) is 0. The molecule has 0 saturated carbocycles. The van der Waals surface area contributed by atoms with E-state index in [0.717, 1.165) is 35.2 Å². The Hall–Kier alpha value is -2.37. The maximum atomic E-state index is 11.9. The minimum Gasteiger partial charge on any atom is -0.443 e. The molecule has 0 fully saturated rings. The zero-order valence-electron chi connectivity index (χ0n) is 13.8. The summed E-state index contributed by atoms with van der Waals surface area (Å²) >= 11 is 6.43. The van der Waals surface area contributed by atoms with Crippen LogP contribution in [0.1, 0.15) is 23.7 Å². The number of halogens is 1. The smallest absolute Gasteiger partial charge is 0.336 e. The molecule has 0 bridgehead atoms. The van der Waals surface area contributed by atoms with Crippen molar-refractivity contribution in [2.24, 2.45) is 0 Å². The van der Waals surface area contributed by atoms with Crippen LogP contribution in [0, 0.1) is 0 Å². The van der Waals surface area contributed by atoms with E-state index >= 15 is 0 Å². The fourth-order valence-electron chi connectivity index (χ4n) is 3.33. The highest BCUT2D eigenvalue weighted by Crippen LogP contribution is 2.37. The van der Waals surface area contributed by atoms with Gasteiger partial charge in [-0.2, -0.15) is 0 Å². The number of hydrogen-bond donors (Lipinski definition) is 1. The summed E-state index contributed by atoms with van der Waals surface area (Å²) in [5.74, 6) is 0.621. The summed E-state index contributed by atoms with van der Waals surface area (Å²) in [6.07, 6.45) is 2.52. The Labute approximate surface area is 149 Å². The quantitative estimate of drug-likeness (QED) is 0.731. The van der Waals surface area contributed by atoms with Gasteiger partial charge in [-0.15, -0.1) is 0 Å². The summed E-state index contributed by atoms with van der Waals surface area (Å²) < 4.78 is 11.4. The van der Waals surface area contributed by atoms with Crippen LogP contribution in [-0.2, 0) is 19.5 Å². The number of nitrogens with one attached hydrogen (secondary N) is 1. The molecule has 5 nitrogen and oxygen atoms in total. The van der Waals surface area contributed by atoms with Gasteiger partial charge in [0.1, 0.15) is 13.1 Å². The number of pyridine rings is 1. The van der Waals surface area contributed by atoms with Crippen molar-refractivity contribution < 1.29 is 14.1 Å². The normalized spacial score (nSPS) is 16.5. The van der Waals surface area contributed by atoms with Crippen LogP contribution < -0.4 is 15.3 Å². The van der Waals surface area contributed by atoms with E-state index in [2.05, 4.69) is 4.98 Å². The number of ether oxygens (including phenoxy) is 1. The van der Waals surface area contributed by atoms with Gasteiger partial charge in [-0.05, 0) is 30.2 Å². The fraction of sp³-hybridized carbons (Fsp3) is 0.263. The lowest BCUT2D eigenvalue weighted by atomic mass is 10.0. The van der Waals surface area contributed by atoms with Gasteiger partial charge in [0.25, 0.3) is 0 Å². The van der Waals surface area contributed by atoms with Gasteiger partial charge in [-0.3, -0.25) is 9.88 Å². The summed E-state index contributed by atoms with van der Waals surface area (Å²) in [6, 6.07) is 9.23. The number of hydrogen-bond acceptors (Lipinski definition) is 4. The highest BCUT2D eigenvalue weighted by molar-refractivity contribution is 6.33. The fourth-order valence-corrected chi connectivity index (χ4v) is 3.61. The van der Waals surface area contributed by atoms with E-state index in [1.165, 1.54) is 11.0 Å². The molecule has 1 unspecified atom stereocenters. The first-order chi connectivity index (χ1) is 12.2. The molecule has 1 aliphatic heterocycles. The maximum absolute atomic E-state index is 11.9. The van der Waals surface area contributed by atoms with Crippen molar-refractivity contribution in [2.45, 2.75) is 26.4 Å². The van der Waals surface area contributed by atoms with Crippen molar-refractivity contribution in [1.82, 2.24) is 4.98 Å². The first kappa shape index (κ1) is 16.1. The van der Waals surface area contributed by atoms with E-state index in [1.54, 1.807) is 6.20 Å². The minimum absolute atomic E-state index is 0.342. The number of aromatic nitrogens is 1. The number of quaternary nitrogens is 1. The Morgan fingerprint density at radius 2 is 2.20 bits per heavy atom. The molecule has 1 N–H and O–H groups in total. The Bertz CT molecular complexity index is 985. The van der Waals surface area contributed by atoms with Crippen LogP contribution in [0.5, 0.6) is 5.75 Å². The Kier molecular flexibility index (Phi) is 4.19. The van der Waals surface area contributed by atoms with E-state index < -0.39 is 0 Å². The molecule has 1 atom stereocenters. The number of fused-ring (bicyclic) bond motifs is 3. The molecule has 2 aromatic heterocycles. The van der Waals surface area contributed by atoms with Gasteiger partial charge in [0.2, 0.25) is 6.73 Å². The van der Waals surface area contributed by atoms with Crippen LogP contribution in [0.2, 0.25) is 5.02 Å². The van der Waals surface area contributed by atoms with Crippen molar-refractivity contribution in [2.75, 3.05) is 6.73 Å². The number of rotatable bonds is 3. The SMILES string of the molecule is CCc1cc(=O)oc2c3c(c(Cl)cc12)OC[NH+](Cc1ccccn1)C3. The van der Waals surface area contributed by atoms with Crippen LogP contribution in [0.15, 0.2) is 45.7 Å². The van der Waals surface area contributed by atoms with Crippen molar-refractivity contribution in [3.8, 4) is 5.75 Å². The van der Waals surface area contributed by atoms with Gasteiger partial charge in [-0.1, -0.05) is 24.6 Å². The molecule has 0 saturated heterocycles. The van der Waals surface area contributed by atoms with E-state index in [1.807, 2.05) is 31.2 Å². The molecule has 4 rings (SSSR count). The number of aryl methyl sites for hydroxylation is 1. The highest BCUT2D eigenvalue weighted by Gasteiger charge is 2.27. The molecule has 3 aromatic rings. The van der Waals surface area contributed by atoms with E-state index in [4.69, 9.17) is 20.8 Å². The molecule has 25 heavy (non-hydrogen) atoms. The van der Waals surface area contributed by atoms with E-state index in [9.17, 15) is 4.79 Å². The van der Waals surface area contributed by atoms with Crippen LogP contribution in [0.4, 0.5) is 0 Å². The maximum Gasteiger partial charge on any atom is 0.336 e. The molecular formula is C19H18ClN2O3+. The topological polar surface area (TPSA) is 56.8 Å². The van der Waals surface area contributed by atoms with E-state index in [0.29, 0.717) is 29.6 Å². The molecule has 1 aromatic carbocycles. The molecular weight excluding hydrogens is 340 g/mol. The molecule has 3 heterocycles. The summed E-state index contributed by atoms with van der Waals surface area (Å²) in [6.45, 7) is 3.90. The van der Waals surface area contributed by atoms with Crippen molar-refractivity contribution in [1.29, 1.82) is 0 Å². The first-order valence-electron chi connectivity index (χ1n) is 8.30. The van der Waals surface area contributed by atoms with Crippen LogP contribution in [0.3, 0.4) is 0 Å². The lowest BCUT2D eigenvalue weighted by molar-refractivity contribution is -0.946. The van der Waals surface area contributed by atoms with Gasteiger partial charge >= 0.3 is 5.63 Å². The second kappa shape index (κ2) is 6.50. The predicted octanol–water partition coefficient (Wildman–Crippen LogP) is 2.34. The molecule has 0 amide bonds. The second-order valence-electron chi connectivity index (χ2n) is 6.20. The van der Waals surface area contributed by atoms with Crippen LogP contribution >= 0.6 is 11.6 Å². The van der Waals surface area contributed by atoms with Crippen molar-refractivity contribution in [3.05, 3.63) is 68.8 Å². The van der Waals surface area contributed by atoms with Gasteiger partial charge in [0, 0.05) is 17.6 Å². The summed E-state index contributed by atoms with van der Waals surface area (Å²) in [4.78, 5) is 17.5. The largest absolute Gasteiger partial charge is 0.443 e. The van der Waals surface area contributed by atoms with Crippen molar-refractivity contribution in [3.63, 3.8) is 0 Å². The van der Waals surface area contributed by atoms with Gasteiger partial charge in [0.05, 0.1) is 16.3 Å². The third kappa shape index (κ3) is 3.01. The zero-order chi connectivity index (χ0) is 17.4. The molecule has 128 valence electrons. The third-order valence-corrected chi connectivity index (χ3v) is 4.79. The average molecular weight is 358 g/mol. The number of benzene rings is 1. The lowest BCUT2D eigenvalue weighted by Crippen LogP contribution is -3.11. The molecule has 6 heteroatoms. The summed E-state index contributed by atoms with van der Waals surface area (Å²) in [5.41, 5.74) is 3.03. The standard InChI is InChI=1S/C19H17ClN2O3/c1-2-12-7-17(23)25-18-14(12)8-16(20)19-15(18)10-22(11-24-19)9-13-5-3-4-6-21-13/h3-8H,2,9-11H2,1H3/p+1. The second-order valence-corrected chi connectivity index (χ2v) is 6.61. The summed E-state index contributed by atoms with van der Waals surface area (Å²) in [5, 5.41) is 1.44. The predicted molar refractivity (Wildman–Crippen MR) is 95.0 cm³/mol. The lowest BCUT2D eigenvalue weighted by Gasteiger charge is -2.27. The molecule has 0 aliphatic carbocycles. The third-order valence-electron chi connectivity index (χ3n) is 4.51. The van der Waals surface area contributed by atoms with Gasteiger partial charge in [0.15, 0.2) is 11.3 Å². The molecule has 0 radical (unpaired) electrons. The highest BCUT2D eigenvalue weighted by atomic mass is 35.5. The van der Waals surface area contributed by atoms with Crippen LogP contribution in [0.25, 0.3) is 11.0 Å². The van der Waals surface area contributed by atoms with Gasteiger partial charge < -0.3 is 9.15 Å². The van der Waals surface area contributed by atoms with Gasteiger partial charge in [-0.25, -0.2) is 4.79 Å².